The van der Waals surface area contributed by atoms with Crippen molar-refractivity contribution in [3.05, 3.63) is 38.9 Å². The second-order valence-corrected chi connectivity index (χ2v) is 5.23. The number of carbonyl (C=O) groups is 1. The number of hydrogen-bond acceptors (Lipinski definition) is 4. The zero-order valence-electron chi connectivity index (χ0n) is 10.2. The van der Waals surface area contributed by atoms with Gasteiger partial charge in [0.25, 0.3) is 11.6 Å². The fourth-order valence-electron chi connectivity index (χ4n) is 1.96. The number of nitrogens with one attached hydrogen (secondary N) is 1. The molecule has 1 aromatic rings. The third-order valence-corrected chi connectivity index (χ3v) is 3.69. The van der Waals surface area contributed by atoms with Crippen molar-refractivity contribution in [2.45, 2.75) is 24.8 Å². The van der Waals surface area contributed by atoms with E-state index in [1.165, 1.54) is 18.2 Å². The van der Waals surface area contributed by atoms with Crippen molar-refractivity contribution in [3.63, 3.8) is 0 Å². The Labute approximate surface area is 115 Å². The lowest BCUT2D eigenvalue weighted by Gasteiger charge is -2.38. The number of nitro benzene ring substituents is 1. The van der Waals surface area contributed by atoms with Crippen LogP contribution in [0.2, 0.25) is 5.02 Å². The summed E-state index contributed by atoms with van der Waals surface area (Å²) in [5.74, 6) is -0.439. The van der Waals surface area contributed by atoms with Gasteiger partial charge in [-0.3, -0.25) is 14.9 Å². The maximum absolute atomic E-state index is 12.0. The van der Waals surface area contributed by atoms with Crippen molar-refractivity contribution in [1.29, 1.82) is 0 Å². The van der Waals surface area contributed by atoms with Gasteiger partial charge in [0.05, 0.1) is 15.5 Å². The predicted octanol–water partition coefficient (Wildman–Crippen LogP) is 1.86. The number of nitro groups is 1. The van der Waals surface area contributed by atoms with Gasteiger partial charge in [0, 0.05) is 24.2 Å². The van der Waals surface area contributed by atoms with E-state index in [1.54, 1.807) is 0 Å². The molecule has 0 radical (unpaired) electrons. The number of carbonyl (C=O) groups excluding carboxylic acids is 1. The summed E-state index contributed by atoms with van der Waals surface area (Å²) >= 11 is 5.88. The molecule has 0 spiro atoms. The molecule has 1 fully saturated rings. The van der Waals surface area contributed by atoms with E-state index in [-0.39, 0.29) is 21.8 Å². The molecule has 3 N–H and O–H groups in total. The highest BCUT2D eigenvalue weighted by Crippen LogP contribution is 2.28. The molecule has 7 heteroatoms. The molecule has 1 amide bonds. The molecule has 0 aliphatic heterocycles. The molecule has 1 aliphatic carbocycles. The first-order valence-electron chi connectivity index (χ1n) is 5.92. The minimum Gasteiger partial charge on any atom is -0.350 e. The van der Waals surface area contributed by atoms with Crippen LogP contribution in [0.25, 0.3) is 0 Å². The summed E-state index contributed by atoms with van der Waals surface area (Å²) in [6.45, 7) is 0.352. The van der Waals surface area contributed by atoms with Crippen LogP contribution in [0.4, 0.5) is 5.69 Å². The molecule has 2 rings (SSSR count). The molecule has 1 saturated carbocycles. The third kappa shape index (κ3) is 3.02. The average molecular weight is 284 g/mol. The van der Waals surface area contributed by atoms with E-state index in [1.807, 2.05) is 0 Å². The number of nitrogens with zero attached hydrogens (tertiary/aromatic N) is 1. The molecule has 0 bridgehead atoms. The smallest absolute Gasteiger partial charge is 0.270 e. The van der Waals surface area contributed by atoms with Crippen molar-refractivity contribution in [3.8, 4) is 0 Å². The van der Waals surface area contributed by atoms with Crippen LogP contribution in [0, 0.1) is 10.1 Å². The zero-order valence-corrected chi connectivity index (χ0v) is 10.9. The lowest BCUT2D eigenvalue weighted by atomic mass is 9.78. The van der Waals surface area contributed by atoms with Gasteiger partial charge in [-0.1, -0.05) is 11.6 Å². The van der Waals surface area contributed by atoms with Gasteiger partial charge in [-0.2, -0.15) is 0 Å². The van der Waals surface area contributed by atoms with Crippen LogP contribution in [0.3, 0.4) is 0 Å². The predicted molar refractivity (Wildman–Crippen MR) is 71.2 cm³/mol. The van der Waals surface area contributed by atoms with Crippen LogP contribution in [-0.2, 0) is 0 Å². The maximum Gasteiger partial charge on any atom is 0.270 e. The molecule has 6 nitrogen and oxygen atoms in total. The van der Waals surface area contributed by atoms with E-state index in [2.05, 4.69) is 5.32 Å². The molecule has 0 saturated heterocycles. The zero-order chi connectivity index (χ0) is 14.0. The fourth-order valence-corrected chi connectivity index (χ4v) is 2.16. The summed E-state index contributed by atoms with van der Waals surface area (Å²) in [6.07, 6.45) is 2.80. The molecule has 0 unspecified atom stereocenters. The van der Waals surface area contributed by atoms with E-state index in [9.17, 15) is 14.9 Å². The van der Waals surface area contributed by atoms with Crippen LogP contribution in [0.5, 0.6) is 0 Å². The Balaban J connectivity index is 2.09. The van der Waals surface area contributed by atoms with E-state index in [4.69, 9.17) is 17.3 Å². The molecule has 0 aromatic heterocycles. The van der Waals surface area contributed by atoms with Gasteiger partial charge in [0.2, 0.25) is 0 Å². The Kier molecular flexibility index (Phi) is 3.73. The second-order valence-electron chi connectivity index (χ2n) is 4.82. The summed E-state index contributed by atoms with van der Waals surface area (Å²) in [7, 11) is 0. The Morgan fingerprint density at radius 3 is 2.74 bits per heavy atom. The molecule has 1 aromatic carbocycles. The molecule has 19 heavy (non-hydrogen) atoms. The Morgan fingerprint density at radius 1 is 1.53 bits per heavy atom. The number of amides is 1. The first-order chi connectivity index (χ1) is 8.91. The van der Waals surface area contributed by atoms with Gasteiger partial charge in [0.15, 0.2) is 0 Å². The van der Waals surface area contributed by atoms with Crippen LogP contribution in [-0.4, -0.2) is 22.9 Å². The fraction of sp³-hybridized carbons (Fsp3) is 0.417. The summed E-state index contributed by atoms with van der Waals surface area (Å²) in [4.78, 5) is 22.1. The topological polar surface area (TPSA) is 98.3 Å². The highest BCUT2D eigenvalue weighted by atomic mass is 35.5. The lowest BCUT2D eigenvalue weighted by molar-refractivity contribution is -0.384. The van der Waals surface area contributed by atoms with Crippen molar-refractivity contribution >= 4 is 23.2 Å². The van der Waals surface area contributed by atoms with E-state index >= 15 is 0 Å². The third-order valence-electron chi connectivity index (χ3n) is 3.36. The summed E-state index contributed by atoms with van der Waals surface area (Å²) in [5, 5.41) is 13.5. The van der Waals surface area contributed by atoms with Crippen molar-refractivity contribution in [2.75, 3.05) is 6.54 Å². The Morgan fingerprint density at radius 2 is 2.21 bits per heavy atom. The van der Waals surface area contributed by atoms with Crippen molar-refractivity contribution < 1.29 is 9.72 Å². The van der Waals surface area contributed by atoms with Gasteiger partial charge in [-0.25, -0.2) is 0 Å². The second kappa shape index (κ2) is 5.14. The molecular weight excluding hydrogens is 270 g/mol. The van der Waals surface area contributed by atoms with E-state index < -0.39 is 10.8 Å². The average Bonchev–Trinajstić information content (AvgIpc) is 2.34. The maximum atomic E-state index is 12.0. The van der Waals surface area contributed by atoms with Crippen LogP contribution in [0.15, 0.2) is 18.2 Å². The lowest BCUT2D eigenvalue weighted by Crippen LogP contribution is -2.54. The quantitative estimate of drug-likeness (QED) is 0.651. The summed E-state index contributed by atoms with van der Waals surface area (Å²) in [5.41, 5.74) is 5.58. The summed E-state index contributed by atoms with van der Waals surface area (Å²) < 4.78 is 0. The first kappa shape index (κ1) is 13.8. The number of nitrogens with two attached hydrogens (primary N) is 1. The molecule has 0 atom stereocenters. The highest BCUT2D eigenvalue weighted by Gasteiger charge is 2.32. The van der Waals surface area contributed by atoms with Gasteiger partial charge in [-0.05, 0) is 25.3 Å². The number of hydrogen-bond donors (Lipinski definition) is 2. The molecular formula is C12H14ClN3O3. The van der Waals surface area contributed by atoms with Gasteiger partial charge < -0.3 is 11.1 Å². The largest absolute Gasteiger partial charge is 0.350 e. The Bertz CT molecular complexity index is 529. The van der Waals surface area contributed by atoms with Gasteiger partial charge in [0.1, 0.15) is 0 Å². The van der Waals surface area contributed by atoms with E-state index in [0.29, 0.717) is 6.54 Å². The number of non-ortho nitro benzene ring substituents is 1. The minimum absolute atomic E-state index is 0.0961. The standard InChI is InChI=1S/C12H14ClN3O3/c13-10-3-2-8(16(18)19)6-9(10)11(17)15-7-12(14)4-1-5-12/h2-3,6H,1,4-5,7,14H2,(H,15,17). The number of halogens is 1. The van der Waals surface area contributed by atoms with Crippen molar-refractivity contribution in [1.82, 2.24) is 5.32 Å². The molecule has 1 aliphatic rings. The van der Waals surface area contributed by atoms with Gasteiger partial charge >= 0.3 is 0 Å². The highest BCUT2D eigenvalue weighted by molar-refractivity contribution is 6.33. The van der Waals surface area contributed by atoms with Crippen molar-refractivity contribution in [2.24, 2.45) is 5.73 Å². The Hall–Kier alpha value is -1.66. The SMILES string of the molecule is NC1(CNC(=O)c2cc([N+](=O)[O-])ccc2Cl)CCC1. The van der Waals surface area contributed by atoms with E-state index in [0.717, 1.165) is 19.3 Å². The van der Waals surface area contributed by atoms with Crippen LogP contribution < -0.4 is 11.1 Å². The van der Waals surface area contributed by atoms with Crippen LogP contribution >= 0.6 is 11.6 Å². The van der Waals surface area contributed by atoms with Crippen LogP contribution in [0.1, 0.15) is 29.6 Å². The number of benzene rings is 1. The number of rotatable bonds is 4. The molecule has 102 valence electrons. The van der Waals surface area contributed by atoms with Gasteiger partial charge in [-0.15, -0.1) is 0 Å². The molecule has 0 heterocycles. The monoisotopic (exact) mass is 283 g/mol. The summed E-state index contributed by atoms with van der Waals surface area (Å²) in [6, 6.07) is 3.77. The first-order valence-corrected chi connectivity index (χ1v) is 6.30. The minimum atomic E-state index is -0.566. The normalized spacial score (nSPS) is 16.5.